The van der Waals surface area contributed by atoms with Crippen LogP contribution in [0.1, 0.15) is 19.3 Å². The Morgan fingerprint density at radius 3 is 2.44 bits per heavy atom. The maximum Gasteiger partial charge on any atom is 0.304 e. The number of hydrogen-bond acceptors (Lipinski definition) is 4. The monoisotopic (exact) mass is 279 g/mol. The number of likely N-dealkylation sites (N-methyl/N-ethyl adjacent to an activating group) is 1. The summed E-state index contributed by atoms with van der Waals surface area (Å²) in [5, 5.41) is 8.50. The van der Waals surface area contributed by atoms with Crippen LogP contribution in [0.15, 0.2) is 0 Å². The van der Waals surface area contributed by atoms with E-state index in [1.807, 2.05) is 7.05 Å². The van der Waals surface area contributed by atoms with Crippen LogP contribution in [0.5, 0.6) is 0 Å². The van der Waals surface area contributed by atoms with Crippen LogP contribution in [0.2, 0.25) is 0 Å². The van der Waals surface area contributed by atoms with Gasteiger partial charge in [-0.15, -0.1) is 0 Å². The van der Waals surface area contributed by atoms with Gasteiger partial charge in [-0.3, -0.25) is 4.79 Å². The molecule has 0 aromatic heterocycles. The molecule has 0 unspecified atom stereocenters. The molecule has 1 saturated carbocycles. The number of carboxylic acids is 1. The second-order valence-corrected chi connectivity index (χ2v) is 6.44. The van der Waals surface area contributed by atoms with E-state index >= 15 is 0 Å². The predicted molar refractivity (Wildman–Crippen MR) is 67.5 cm³/mol. The zero-order chi connectivity index (χ0) is 13.8. The highest BCUT2D eigenvalue weighted by molar-refractivity contribution is 7.87. The van der Waals surface area contributed by atoms with Crippen LogP contribution in [0, 0.1) is 0 Å². The van der Waals surface area contributed by atoms with Gasteiger partial charge < -0.3 is 10.0 Å². The number of aliphatic carboxylic acids is 1. The molecule has 8 heteroatoms. The normalized spacial score (nSPS) is 16.4. The smallest absolute Gasteiger partial charge is 0.304 e. The van der Waals surface area contributed by atoms with E-state index in [1.165, 1.54) is 19.9 Å². The number of carbonyl (C=O) groups is 1. The van der Waals surface area contributed by atoms with Crippen LogP contribution in [0.3, 0.4) is 0 Å². The molecule has 0 bridgehead atoms. The van der Waals surface area contributed by atoms with Crippen LogP contribution in [-0.4, -0.2) is 68.5 Å². The van der Waals surface area contributed by atoms with E-state index in [1.54, 1.807) is 0 Å². The average molecular weight is 279 g/mol. The van der Waals surface area contributed by atoms with Gasteiger partial charge in [-0.05, 0) is 19.9 Å². The van der Waals surface area contributed by atoms with Gasteiger partial charge in [-0.2, -0.15) is 12.7 Å². The molecule has 0 aromatic rings. The van der Waals surface area contributed by atoms with E-state index in [2.05, 4.69) is 9.62 Å². The van der Waals surface area contributed by atoms with E-state index in [9.17, 15) is 13.2 Å². The molecule has 106 valence electrons. The van der Waals surface area contributed by atoms with Gasteiger partial charge >= 0.3 is 5.97 Å². The number of nitrogens with one attached hydrogen (secondary N) is 1. The third-order valence-electron chi connectivity index (χ3n) is 2.97. The van der Waals surface area contributed by atoms with Crippen molar-refractivity contribution in [1.29, 1.82) is 0 Å². The van der Waals surface area contributed by atoms with Crippen LogP contribution in [-0.2, 0) is 15.0 Å². The van der Waals surface area contributed by atoms with Crippen LogP contribution < -0.4 is 4.72 Å². The highest BCUT2D eigenvalue weighted by Crippen LogP contribution is 2.24. The molecular formula is C10H21N3O4S. The van der Waals surface area contributed by atoms with E-state index in [0.717, 1.165) is 4.31 Å². The number of nitrogens with zero attached hydrogens (tertiary/aromatic N) is 2. The summed E-state index contributed by atoms with van der Waals surface area (Å²) >= 11 is 0. The van der Waals surface area contributed by atoms with Crippen LogP contribution >= 0.6 is 0 Å². The fraction of sp³-hybridized carbons (Fsp3) is 0.900. The average Bonchev–Trinajstić information content (AvgIpc) is 3.08. The molecule has 0 spiro atoms. The Hall–Kier alpha value is -0.700. The lowest BCUT2D eigenvalue weighted by Crippen LogP contribution is -2.42. The summed E-state index contributed by atoms with van der Waals surface area (Å²) in [6.07, 6.45) is 2.17. The second kappa shape index (κ2) is 6.46. The third kappa shape index (κ3) is 5.30. The molecule has 0 aliphatic heterocycles. The molecule has 7 nitrogen and oxygen atoms in total. The van der Waals surface area contributed by atoms with Crippen molar-refractivity contribution in [2.24, 2.45) is 0 Å². The van der Waals surface area contributed by atoms with Crippen molar-refractivity contribution in [3.05, 3.63) is 0 Å². The minimum atomic E-state index is -3.56. The fourth-order valence-electron chi connectivity index (χ4n) is 1.53. The number of carboxylic acid groups (broad SMARTS) is 1. The maximum atomic E-state index is 11.7. The lowest BCUT2D eigenvalue weighted by molar-refractivity contribution is -0.137. The Balaban J connectivity index is 2.26. The first-order chi connectivity index (χ1) is 8.33. The zero-order valence-electron chi connectivity index (χ0n) is 10.8. The predicted octanol–water partition coefficient (Wildman–Crippen LogP) is -0.678. The van der Waals surface area contributed by atoms with Crippen molar-refractivity contribution >= 4 is 16.2 Å². The first-order valence-electron chi connectivity index (χ1n) is 5.96. The van der Waals surface area contributed by atoms with Crippen molar-refractivity contribution < 1.29 is 18.3 Å². The lowest BCUT2D eigenvalue weighted by Gasteiger charge is -2.19. The molecule has 18 heavy (non-hydrogen) atoms. The molecule has 0 radical (unpaired) electrons. The Labute approximate surface area is 108 Å². The van der Waals surface area contributed by atoms with Gasteiger partial charge in [-0.25, -0.2) is 4.72 Å². The minimum absolute atomic E-state index is 0.0247. The Kier molecular flexibility index (Phi) is 5.51. The summed E-state index contributed by atoms with van der Waals surface area (Å²) in [6, 6.07) is 0.597. The van der Waals surface area contributed by atoms with Crippen molar-refractivity contribution in [3.63, 3.8) is 0 Å². The molecule has 1 aliphatic carbocycles. The van der Waals surface area contributed by atoms with Crippen LogP contribution in [0.4, 0.5) is 0 Å². The molecule has 0 amide bonds. The third-order valence-corrected chi connectivity index (χ3v) is 4.54. The molecule has 1 fully saturated rings. The quantitative estimate of drug-likeness (QED) is 0.584. The fourth-order valence-corrected chi connectivity index (χ4v) is 2.43. The lowest BCUT2D eigenvalue weighted by atomic mass is 10.4. The number of hydrogen-bond donors (Lipinski definition) is 2. The molecule has 1 rings (SSSR count). The molecular weight excluding hydrogens is 258 g/mol. The molecule has 0 aromatic carbocycles. The molecule has 2 N–H and O–H groups in total. The maximum absolute atomic E-state index is 11.7. The Bertz CT molecular complexity index is 381. The number of rotatable bonds is 9. The minimum Gasteiger partial charge on any atom is -0.481 e. The summed E-state index contributed by atoms with van der Waals surface area (Å²) < 4.78 is 26.9. The first-order valence-corrected chi connectivity index (χ1v) is 7.40. The summed E-state index contributed by atoms with van der Waals surface area (Å²) in [5.74, 6) is -1.01. The van der Waals surface area contributed by atoms with Crippen molar-refractivity contribution in [3.8, 4) is 0 Å². The largest absolute Gasteiger partial charge is 0.481 e. The van der Waals surface area contributed by atoms with Crippen molar-refractivity contribution in [1.82, 2.24) is 13.9 Å². The molecule has 0 saturated heterocycles. The zero-order valence-corrected chi connectivity index (χ0v) is 11.6. The highest BCUT2D eigenvalue weighted by Gasteiger charge is 2.26. The molecule has 1 aliphatic rings. The van der Waals surface area contributed by atoms with E-state index in [4.69, 9.17) is 5.11 Å². The van der Waals surface area contributed by atoms with E-state index < -0.39 is 16.2 Å². The second-order valence-electron chi connectivity index (χ2n) is 4.58. The standard InChI is InChI=1S/C10H21N3O4S/c1-12(9-3-4-9)8-6-11-18(16,17)13(2)7-5-10(14)15/h9,11H,3-8H2,1-2H3,(H,14,15). The van der Waals surface area contributed by atoms with Gasteiger partial charge in [0.15, 0.2) is 0 Å². The van der Waals surface area contributed by atoms with Gasteiger partial charge in [0.25, 0.3) is 10.2 Å². The van der Waals surface area contributed by atoms with Gasteiger partial charge in [0.1, 0.15) is 0 Å². The van der Waals surface area contributed by atoms with Gasteiger partial charge in [0.05, 0.1) is 6.42 Å². The highest BCUT2D eigenvalue weighted by atomic mass is 32.2. The summed E-state index contributed by atoms with van der Waals surface area (Å²) in [4.78, 5) is 12.5. The Morgan fingerprint density at radius 2 is 1.94 bits per heavy atom. The van der Waals surface area contributed by atoms with E-state index in [-0.39, 0.29) is 13.0 Å². The van der Waals surface area contributed by atoms with Crippen LogP contribution in [0.25, 0.3) is 0 Å². The van der Waals surface area contributed by atoms with E-state index in [0.29, 0.717) is 19.1 Å². The first kappa shape index (κ1) is 15.4. The topological polar surface area (TPSA) is 90.0 Å². The summed E-state index contributed by atoms with van der Waals surface area (Å²) in [5.41, 5.74) is 0. The molecule has 0 atom stereocenters. The Morgan fingerprint density at radius 1 is 1.33 bits per heavy atom. The molecule has 0 heterocycles. The summed E-state index contributed by atoms with van der Waals surface area (Å²) in [7, 11) is -0.220. The van der Waals surface area contributed by atoms with Gasteiger partial charge in [-0.1, -0.05) is 0 Å². The van der Waals surface area contributed by atoms with Gasteiger partial charge in [0, 0.05) is 32.7 Å². The van der Waals surface area contributed by atoms with Crippen molar-refractivity contribution in [2.45, 2.75) is 25.3 Å². The van der Waals surface area contributed by atoms with Gasteiger partial charge in [0.2, 0.25) is 0 Å². The van der Waals surface area contributed by atoms with Crippen molar-refractivity contribution in [2.75, 3.05) is 33.7 Å². The SMILES string of the molecule is CN(CCNS(=O)(=O)N(C)CCC(=O)O)C1CC1. The summed E-state index contributed by atoms with van der Waals surface area (Å²) in [6.45, 7) is 0.979.